The zero-order valence-corrected chi connectivity index (χ0v) is 64.5. The van der Waals surface area contributed by atoms with Gasteiger partial charge in [-0.2, -0.15) is 0 Å². The van der Waals surface area contributed by atoms with Crippen LogP contribution in [0.25, 0.3) is 0 Å². The van der Waals surface area contributed by atoms with E-state index in [4.69, 9.17) is 80.5 Å². The first-order chi connectivity index (χ1) is 54.8. The summed E-state index contributed by atoms with van der Waals surface area (Å²) in [6.45, 7) is 12.8. The first-order valence-electron chi connectivity index (χ1n) is 36.0. The molecule has 11 rings (SSSR count). The highest BCUT2D eigenvalue weighted by Crippen LogP contribution is 2.45. The minimum absolute atomic E-state index is 0.0379. The predicted octanol–water partition coefficient (Wildman–Crippen LogP) is 4.99. The second-order valence-corrected chi connectivity index (χ2v) is 27.9. The molecule has 0 bridgehead atoms. The number of hydrogen-bond acceptors (Lipinski definition) is 32. The molecule has 614 valence electrons. The van der Waals surface area contributed by atoms with Gasteiger partial charge in [0.1, 0.15) is 44.0 Å². The van der Waals surface area contributed by atoms with Gasteiger partial charge in [-0.15, -0.1) is 0 Å². The largest absolute Gasteiger partial charge is 0.493 e. The maximum Gasteiger partial charge on any atom is 0.416 e. The maximum atomic E-state index is 14.7. The molecule has 2 unspecified atom stereocenters. The Morgan fingerprint density at radius 3 is 1.23 bits per heavy atom. The Morgan fingerprint density at radius 1 is 0.461 bits per heavy atom. The van der Waals surface area contributed by atoms with Gasteiger partial charge < -0.3 is 111 Å². The molecule has 0 spiro atoms. The number of carbonyl (C=O) groups is 11. The highest BCUT2D eigenvalue weighted by atomic mass is 16.8. The summed E-state index contributed by atoms with van der Waals surface area (Å²) in [6.07, 6.45) is -21.9. The summed E-state index contributed by atoms with van der Waals surface area (Å²) in [5.74, 6) is -7.23. The van der Waals surface area contributed by atoms with Crippen molar-refractivity contribution < 1.29 is 149 Å². The van der Waals surface area contributed by atoms with Crippen LogP contribution < -0.4 is 38.2 Å². The molecule has 0 aromatic heterocycles. The Bertz CT molecular complexity index is 4580. The third-order valence-corrected chi connectivity index (χ3v) is 19.1. The molecule has 36 heteroatoms. The number of anilines is 2. The lowest BCUT2D eigenvalue weighted by Gasteiger charge is -2.43. The van der Waals surface area contributed by atoms with Gasteiger partial charge in [-0.3, -0.25) is 33.6 Å². The van der Waals surface area contributed by atoms with E-state index in [0.29, 0.717) is 39.9 Å². The van der Waals surface area contributed by atoms with Crippen LogP contribution in [0.15, 0.2) is 115 Å². The van der Waals surface area contributed by atoms with E-state index in [2.05, 4.69) is 13.2 Å². The van der Waals surface area contributed by atoms with Gasteiger partial charge in [0.25, 0.3) is 11.8 Å². The molecule has 5 aromatic carbocycles. The first-order valence-corrected chi connectivity index (χ1v) is 36.0. The SMILES string of the molecule is C=C1C[C@H]2C(O)N(C(=O)OCc3ccc(O[C@@H]4O[C@H](C(=O)OC)[C@@H](OC(C)=O)[C@H](OC(C)=O)[C@H]4OC(C)=O)cc3)c3cc(OCc4cc(COc5cc6c(cc5OC)C(=O)N5CC(=C)C[C@H]5C(O)N6C(=O)OCc5ccc(O[C@@H]6O[C@H](C(=O)OC)[C@@H](O)[C@H](OC(C)=O)[C@H]6OC(C)=O)cc5)cc(CN(C)C)c4)c(OC)cc3C(=O)N2C1. The zero-order valence-electron chi connectivity index (χ0n) is 64.5. The Kier molecular flexibility index (Phi) is 26.2. The smallest absolute Gasteiger partial charge is 0.416 e. The Morgan fingerprint density at radius 2 is 0.835 bits per heavy atom. The molecule has 14 atom stereocenters. The maximum absolute atomic E-state index is 14.7. The molecule has 4 amide bonds. The molecule has 3 N–H and O–H groups in total. The van der Waals surface area contributed by atoms with Crippen molar-refractivity contribution in [3.63, 3.8) is 0 Å². The second-order valence-electron chi connectivity index (χ2n) is 27.9. The average Bonchev–Trinajstić information content (AvgIpc) is 1.62. The number of amides is 4. The van der Waals surface area contributed by atoms with E-state index in [-0.39, 0.29) is 96.1 Å². The zero-order chi connectivity index (χ0) is 83.1. The summed E-state index contributed by atoms with van der Waals surface area (Å²) in [5.41, 5.74) is 3.69. The summed E-state index contributed by atoms with van der Waals surface area (Å²) in [4.78, 5) is 152. The van der Waals surface area contributed by atoms with E-state index in [0.717, 1.165) is 64.2 Å². The Labute approximate surface area is 658 Å². The Balaban J connectivity index is 0.816. The molecule has 6 heterocycles. The van der Waals surface area contributed by atoms with Crippen molar-refractivity contribution in [2.24, 2.45) is 0 Å². The molecule has 36 nitrogen and oxygen atoms in total. The van der Waals surface area contributed by atoms with Crippen LogP contribution in [0, 0.1) is 0 Å². The van der Waals surface area contributed by atoms with Crippen molar-refractivity contribution in [1.29, 1.82) is 0 Å². The molecular weight excluding hydrogens is 1510 g/mol. The lowest BCUT2D eigenvalue weighted by molar-refractivity contribution is -0.282. The van der Waals surface area contributed by atoms with Gasteiger partial charge in [0.2, 0.25) is 24.8 Å². The van der Waals surface area contributed by atoms with Crippen LogP contribution in [-0.2, 0) is 119 Å². The van der Waals surface area contributed by atoms with E-state index >= 15 is 0 Å². The molecular formula is C79H87N5O31. The average molecular weight is 1600 g/mol. The van der Waals surface area contributed by atoms with Crippen LogP contribution in [0.5, 0.6) is 34.5 Å². The number of carbonyl (C=O) groups excluding carboxylic acids is 11. The number of ether oxygens (including phenoxy) is 17. The standard InChI is InChI=1S/C79H87N5O31/c1-38-22-56-72(93)83(78(97)105-34-45-14-18-50(19-15-45)112-76-68(110-43(6)88)63(107-40(3)85)62(90)64(114-76)74(95)101-12)54-29-60(58(99-10)27-52(54)70(91)81(56)31-38)103-36-48-24-47(33-80(8)9)25-49(26-48)37-104-61-30-55-53(28-59(61)100-11)71(92)82-32-39(2)23-57(82)73(94)84(55)79(98)106-35-46-16-20-51(21-17-46)113-77-69(111-44(7)89)66(109-42(5)87)65(108-41(4)86)67(115-77)75(96)102-13/h14-21,24-30,56-57,62-69,72-73,76-77,90,93-94H,1-2,22-23,31-37H2,3-13H3/t56-,57-,62-,63-,64-,65-,66-,67-,68+,69+,72?,73?,76+,77+/m0/s1. The van der Waals surface area contributed by atoms with E-state index in [1.165, 1.54) is 96.8 Å². The number of benzene rings is 5. The number of nitrogens with zero attached hydrogens (tertiary/aromatic N) is 5. The summed E-state index contributed by atoms with van der Waals surface area (Å²) in [6, 6.07) is 20.9. The minimum atomic E-state index is -1.83. The molecule has 0 aliphatic carbocycles. The van der Waals surface area contributed by atoms with Crippen LogP contribution in [0.2, 0.25) is 0 Å². The summed E-state index contributed by atoms with van der Waals surface area (Å²) in [7, 11) is 8.56. The van der Waals surface area contributed by atoms with Crippen LogP contribution in [0.1, 0.15) is 96.0 Å². The van der Waals surface area contributed by atoms with Crippen molar-refractivity contribution in [2.45, 2.75) is 166 Å². The monoisotopic (exact) mass is 1600 g/mol. The van der Waals surface area contributed by atoms with Gasteiger partial charge in [-0.05, 0) is 97.2 Å². The van der Waals surface area contributed by atoms with Crippen molar-refractivity contribution in [2.75, 3.05) is 65.4 Å². The number of esters is 7. The number of fused-ring (bicyclic) bond motifs is 4. The third kappa shape index (κ3) is 18.9. The van der Waals surface area contributed by atoms with Crippen LogP contribution >= 0.6 is 0 Å². The highest BCUT2D eigenvalue weighted by molar-refractivity contribution is 6.07. The number of aliphatic hydroxyl groups excluding tert-OH is 3. The van der Waals surface area contributed by atoms with Gasteiger partial charge >= 0.3 is 54.0 Å². The number of aliphatic hydroxyl groups is 3. The lowest BCUT2D eigenvalue weighted by Crippen LogP contribution is -2.64. The normalized spacial score (nSPS) is 24.1. The van der Waals surface area contributed by atoms with Gasteiger partial charge in [0.15, 0.2) is 66.0 Å². The quantitative estimate of drug-likeness (QED) is 0.0393. The molecule has 6 aliphatic heterocycles. The number of rotatable bonds is 25. The van der Waals surface area contributed by atoms with Gasteiger partial charge in [0.05, 0.1) is 63.0 Å². The summed E-state index contributed by atoms with van der Waals surface area (Å²) in [5, 5.41) is 35.5. The lowest BCUT2D eigenvalue weighted by atomic mass is 9.97. The van der Waals surface area contributed by atoms with Crippen molar-refractivity contribution in [3.05, 3.63) is 154 Å². The van der Waals surface area contributed by atoms with Crippen LogP contribution in [0.3, 0.4) is 0 Å². The van der Waals surface area contributed by atoms with Crippen LogP contribution in [0.4, 0.5) is 21.0 Å². The summed E-state index contributed by atoms with van der Waals surface area (Å²) < 4.78 is 96.8. The molecule has 4 saturated heterocycles. The van der Waals surface area contributed by atoms with Gasteiger partial charge in [-0.25, -0.2) is 29.0 Å². The van der Waals surface area contributed by atoms with E-state index < -0.39 is 165 Å². The molecule has 4 fully saturated rings. The fourth-order valence-electron chi connectivity index (χ4n) is 14.2. The van der Waals surface area contributed by atoms with E-state index in [1.807, 2.05) is 31.1 Å². The number of hydrogen-bond donors (Lipinski definition) is 3. The second kappa shape index (κ2) is 35.9. The fraction of sp³-hybridized carbons (Fsp3) is 0.430. The third-order valence-electron chi connectivity index (χ3n) is 19.1. The fourth-order valence-corrected chi connectivity index (χ4v) is 14.2. The van der Waals surface area contributed by atoms with E-state index in [9.17, 15) is 68.1 Å². The van der Waals surface area contributed by atoms with Crippen molar-refractivity contribution in [1.82, 2.24) is 14.7 Å². The number of methoxy groups -OCH3 is 4. The Hall–Kier alpha value is -12.1. The molecule has 0 saturated carbocycles. The van der Waals surface area contributed by atoms with Gasteiger partial charge in [0, 0.05) is 66.4 Å². The topological polar surface area (TPSA) is 422 Å². The summed E-state index contributed by atoms with van der Waals surface area (Å²) >= 11 is 0. The molecule has 115 heavy (non-hydrogen) atoms. The van der Waals surface area contributed by atoms with Gasteiger partial charge in [-0.1, -0.05) is 60.7 Å². The molecule has 5 aromatic rings. The molecule has 6 aliphatic rings. The first kappa shape index (κ1) is 83.8. The predicted molar refractivity (Wildman–Crippen MR) is 392 cm³/mol. The van der Waals surface area contributed by atoms with Crippen LogP contribution in [-0.4, -0.2) is 237 Å². The highest BCUT2D eigenvalue weighted by Gasteiger charge is 2.57. The van der Waals surface area contributed by atoms with Crippen molar-refractivity contribution >= 4 is 77.2 Å². The molecule has 0 radical (unpaired) electrons. The van der Waals surface area contributed by atoms with Crippen molar-refractivity contribution in [3.8, 4) is 34.5 Å². The van der Waals surface area contributed by atoms with E-state index in [1.54, 1.807) is 6.07 Å². The minimum Gasteiger partial charge on any atom is -0.493 e.